The molecule has 4 rings (SSSR count). The van der Waals surface area contributed by atoms with Gasteiger partial charge in [-0.25, -0.2) is 9.97 Å². The average molecular weight is 358 g/mol. The lowest BCUT2D eigenvalue weighted by Crippen LogP contribution is -2.31. The van der Waals surface area contributed by atoms with Gasteiger partial charge in [0, 0.05) is 48.7 Å². The standard InChI is InChI=1S/C18H22N4O2S/c1-11-6-16(25-12(11)2)17(23)22-8-14-13(10-24-15(14)9-22)7-21-18-19-4-3-5-20-18/h3-6,13-15H,7-10H2,1-2H3,(H,19,20,21)/t13-,14+,15+/m1/s1. The summed E-state index contributed by atoms with van der Waals surface area (Å²) in [5, 5.41) is 3.28. The van der Waals surface area contributed by atoms with Crippen molar-refractivity contribution in [3.63, 3.8) is 0 Å². The Balaban J connectivity index is 1.38. The van der Waals surface area contributed by atoms with Gasteiger partial charge in [0.1, 0.15) is 0 Å². The molecule has 0 saturated carbocycles. The van der Waals surface area contributed by atoms with E-state index >= 15 is 0 Å². The third-order valence-electron chi connectivity index (χ3n) is 5.19. The second kappa shape index (κ2) is 6.72. The zero-order valence-electron chi connectivity index (χ0n) is 14.4. The number of fused-ring (bicyclic) bond motifs is 1. The molecule has 0 aliphatic carbocycles. The normalized spacial score (nSPS) is 25.2. The van der Waals surface area contributed by atoms with E-state index in [4.69, 9.17) is 4.74 Å². The van der Waals surface area contributed by atoms with Gasteiger partial charge in [0.05, 0.1) is 17.6 Å². The number of thiophene rings is 1. The van der Waals surface area contributed by atoms with Crippen molar-refractivity contribution in [1.29, 1.82) is 0 Å². The largest absolute Gasteiger partial charge is 0.376 e. The molecule has 6 nitrogen and oxygen atoms in total. The van der Waals surface area contributed by atoms with Crippen LogP contribution in [-0.4, -0.2) is 53.1 Å². The molecule has 2 aliphatic rings. The first-order valence-corrected chi connectivity index (χ1v) is 9.42. The van der Waals surface area contributed by atoms with Crippen LogP contribution in [0.25, 0.3) is 0 Å². The van der Waals surface area contributed by atoms with E-state index in [1.165, 1.54) is 10.4 Å². The summed E-state index contributed by atoms with van der Waals surface area (Å²) in [6.07, 6.45) is 3.60. The van der Waals surface area contributed by atoms with Crippen LogP contribution in [0, 0.1) is 25.7 Å². The van der Waals surface area contributed by atoms with Crippen molar-refractivity contribution >= 4 is 23.2 Å². The van der Waals surface area contributed by atoms with Gasteiger partial charge in [-0.1, -0.05) is 0 Å². The molecular weight excluding hydrogens is 336 g/mol. The van der Waals surface area contributed by atoms with Crippen LogP contribution in [0.4, 0.5) is 5.95 Å². The highest BCUT2D eigenvalue weighted by molar-refractivity contribution is 7.14. The molecule has 2 fully saturated rings. The van der Waals surface area contributed by atoms with Crippen molar-refractivity contribution < 1.29 is 9.53 Å². The number of hydrogen-bond donors (Lipinski definition) is 1. The number of rotatable bonds is 4. The lowest BCUT2D eigenvalue weighted by Gasteiger charge is -2.19. The van der Waals surface area contributed by atoms with Crippen LogP contribution < -0.4 is 5.32 Å². The minimum atomic E-state index is 0.136. The molecule has 132 valence electrons. The minimum absolute atomic E-state index is 0.136. The molecule has 1 N–H and O–H groups in total. The molecule has 4 heterocycles. The van der Waals surface area contributed by atoms with Crippen LogP contribution in [0.2, 0.25) is 0 Å². The predicted octanol–water partition coefficient (Wildman–Crippen LogP) is 2.35. The van der Waals surface area contributed by atoms with Crippen LogP contribution in [0.5, 0.6) is 0 Å². The molecule has 1 amide bonds. The lowest BCUT2D eigenvalue weighted by atomic mass is 9.93. The van der Waals surface area contributed by atoms with Gasteiger partial charge in [-0.2, -0.15) is 0 Å². The molecule has 0 radical (unpaired) electrons. The van der Waals surface area contributed by atoms with E-state index in [2.05, 4.69) is 29.1 Å². The van der Waals surface area contributed by atoms with Crippen molar-refractivity contribution in [2.24, 2.45) is 11.8 Å². The van der Waals surface area contributed by atoms with Crippen molar-refractivity contribution in [2.75, 3.05) is 31.6 Å². The molecule has 2 saturated heterocycles. The van der Waals surface area contributed by atoms with E-state index in [1.54, 1.807) is 29.8 Å². The highest BCUT2D eigenvalue weighted by Crippen LogP contribution is 2.35. The fourth-order valence-electron chi connectivity index (χ4n) is 3.62. The molecule has 0 unspecified atom stereocenters. The maximum Gasteiger partial charge on any atom is 0.264 e. The Morgan fingerprint density at radius 2 is 2.16 bits per heavy atom. The highest BCUT2D eigenvalue weighted by Gasteiger charge is 2.45. The maximum absolute atomic E-state index is 12.8. The molecule has 2 aromatic rings. The fourth-order valence-corrected chi connectivity index (χ4v) is 4.62. The molecule has 2 aromatic heterocycles. The molecule has 0 bridgehead atoms. The summed E-state index contributed by atoms with van der Waals surface area (Å²) in [4.78, 5) is 25.2. The van der Waals surface area contributed by atoms with Gasteiger partial charge < -0.3 is 15.0 Å². The number of carbonyl (C=O) groups excluding carboxylic acids is 1. The number of aromatic nitrogens is 2. The van der Waals surface area contributed by atoms with Crippen molar-refractivity contribution in [3.8, 4) is 0 Å². The van der Waals surface area contributed by atoms with Crippen LogP contribution >= 0.6 is 11.3 Å². The number of anilines is 1. The number of nitrogens with zero attached hydrogens (tertiary/aromatic N) is 3. The van der Waals surface area contributed by atoms with E-state index in [0.29, 0.717) is 24.3 Å². The number of ether oxygens (including phenoxy) is 1. The Labute approximate surface area is 151 Å². The van der Waals surface area contributed by atoms with E-state index in [9.17, 15) is 4.79 Å². The topological polar surface area (TPSA) is 67.4 Å². The van der Waals surface area contributed by atoms with Gasteiger partial charge in [-0.15, -0.1) is 11.3 Å². The number of nitrogens with one attached hydrogen (secondary N) is 1. The second-order valence-electron chi connectivity index (χ2n) is 6.81. The Hall–Kier alpha value is -1.99. The van der Waals surface area contributed by atoms with Crippen LogP contribution in [0.1, 0.15) is 20.1 Å². The zero-order chi connectivity index (χ0) is 17.4. The molecule has 3 atom stereocenters. The maximum atomic E-state index is 12.8. The summed E-state index contributed by atoms with van der Waals surface area (Å²) in [7, 11) is 0. The summed E-state index contributed by atoms with van der Waals surface area (Å²) in [5.74, 6) is 1.53. The zero-order valence-corrected chi connectivity index (χ0v) is 15.3. The van der Waals surface area contributed by atoms with Crippen molar-refractivity contribution in [2.45, 2.75) is 20.0 Å². The molecule has 7 heteroatoms. The van der Waals surface area contributed by atoms with Gasteiger partial charge in [-0.3, -0.25) is 4.79 Å². The Morgan fingerprint density at radius 1 is 1.36 bits per heavy atom. The van der Waals surface area contributed by atoms with Gasteiger partial charge in [0.15, 0.2) is 0 Å². The summed E-state index contributed by atoms with van der Waals surface area (Å²) >= 11 is 1.58. The van der Waals surface area contributed by atoms with Gasteiger partial charge in [0.25, 0.3) is 5.91 Å². The van der Waals surface area contributed by atoms with E-state index in [-0.39, 0.29) is 12.0 Å². The van der Waals surface area contributed by atoms with Gasteiger partial charge in [0.2, 0.25) is 5.95 Å². The predicted molar refractivity (Wildman–Crippen MR) is 96.9 cm³/mol. The first kappa shape index (κ1) is 16.5. The third-order valence-corrected chi connectivity index (χ3v) is 6.33. The third kappa shape index (κ3) is 3.26. The first-order valence-electron chi connectivity index (χ1n) is 8.60. The molecular formula is C18H22N4O2S. The SMILES string of the molecule is Cc1cc(C(=O)N2C[C@H]3[C@H](CNc4ncccn4)CO[C@H]3C2)sc1C. The number of carbonyl (C=O) groups is 1. The Kier molecular flexibility index (Phi) is 4.43. The summed E-state index contributed by atoms with van der Waals surface area (Å²) in [6.45, 7) is 7.07. The quantitative estimate of drug-likeness (QED) is 0.909. The first-order chi connectivity index (χ1) is 12.1. The molecule has 25 heavy (non-hydrogen) atoms. The number of likely N-dealkylation sites (tertiary alicyclic amines) is 1. The molecule has 0 spiro atoms. The highest BCUT2D eigenvalue weighted by atomic mass is 32.1. The van der Waals surface area contributed by atoms with Crippen LogP contribution in [-0.2, 0) is 4.74 Å². The van der Waals surface area contributed by atoms with Crippen LogP contribution in [0.3, 0.4) is 0 Å². The summed E-state index contributed by atoms with van der Waals surface area (Å²) in [5.41, 5.74) is 1.19. The Morgan fingerprint density at radius 3 is 2.88 bits per heavy atom. The molecule has 0 aromatic carbocycles. The lowest BCUT2D eigenvalue weighted by molar-refractivity contribution is 0.0684. The minimum Gasteiger partial charge on any atom is -0.376 e. The van der Waals surface area contributed by atoms with Crippen LogP contribution in [0.15, 0.2) is 24.5 Å². The fraction of sp³-hybridized carbons (Fsp3) is 0.500. The van der Waals surface area contributed by atoms with E-state index in [1.807, 2.05) is 11.0 Å². The van der Waals surface area contributed by atoms with Crippen molar-refractivity contribution in [1.82, 2.24) is 14.9 Å². The number of hydrogen-bond acceptors (Lipinski definition) is 6. The monoisotopic (exact) mass is 358 g/mol. The van der Waals surface area contributed by atoms with Crippen molar-refractivity contribution in [3.05, 3.63) is 39.8 Å². The summed E-state index contributed by atoms with van der Waals surface area (Å²) in [6, 6.07) is 3.80. The molecule has 2 aliphatic heterocycles. The van der Waals surface area contributed by atoms with Gasteiger partial charge >= 0.3 is 0 Å². The Bertz CT molecular complexity index is 744. The number of amides is 1. The second-order valence-corrected chi connectivity index (χ2v) is 8.07. The average Bonchev–Trinajstić information content (AvgIpc) is 3.29. The van der Waals surface area contributed by atoms with Gasteiger partial charge in [-0.05, 0) is 31.5 Å². The van der Waals surface area contributed by atoms with E-state index in [0.717, 1.165) is 24.6 Å². The number of aryl methyl sites for hydroxylation is 2. The summed E-state index contributed by atoms with van der Waals surface area (Å²) < 4.78 is 5.95. The smallest absolute Gasteiger partial charge is 0.264 e. The van der Waals surface area contributed by atoms with E-state index < -0.39 is 0 Å².